The highest BCUT2D eigenvalue weighted by Crippen LogP contribution is 2.32. The molecule has 1 aliphatic rings. The fourth-order valence-corrected chi connectivity index (χ4v) is 2.16. The number of ether oxygens (including phenoxy) is 2. The lowest BCUT2D eigenvalue weighted by molar-refractivity contribution is -0.134. The van der Waals surface area contributed by atoms with E-state index in [1.165, 1.54) is 0 Å². The zero-order chi connectivity index (χ0) is 11.4. The van der Waals surface area contributed by atoms with Gasteiger partial charge >= 0.3 is 0 Å². The van der Waals surface area contributed by atoms with Gasteiger partial charge in [0, 0.05) is 19.4 Å². The molecule has 3 nitrogen and oxygen atoms in total. The molecular weight excluding hydrogens is 192 g/mol. The lowest BCUT2D eigenvalue weighted by Crippen LogP contribution is -2.31. The third-order valence-corrected chi connectivity index (χ3v) is 3.14. The molecule has 1 saturated heterocycles. The highest BCUT2D eigenvalue weighted by Gasteiger charge is 2.37. The van der Waals surface area contributed by atoms with Crippen molar-refractivity contribution in [2.75, 3.05) is 7.11 Å². The molecule has 1 heterocycles. The molecule has 5 atom stereocenters. The van der Waals surface area contributed by atoms with Crippen LogP contribution in [0, 0.1) is 11.8 Å². The lowest BCUT2D eigenvalue weighted by atomic mass is 9.89. The SMILES string of the molecule is C/C=C/[C@@H](O)[C@H](C)[C@@H]1OC(OC)C[C@H]1C. The smallest absolute Gasteiger partial charge is 0.157 e. The molecule has 0 aromatic heterocycles. The van der Waals surface area contributed by atoms with Crippen molar-refractivity contribution >= 4 is 0 Å². The minimum Gasteiger partial charge on any atom is -0.389 e. The Balaban J connectivity index is 2.56. The quantitative estimate of drug-likeness (QED) is 0.727. The maximum absolute atomic E-state index is 9.85. The van der Waals surface area contributed by atoms with Gasteiger partial charge in [-0.15, -0.1) is 0 Å². The van der Waals surface area contributed by atoms with Crippen molar-refractivity contribution < 1.29 is 14.6 Å². The van der Waals surface area contributed by atoms with E-state index >= 15 is 0 Å². The second-order valence-corrected chi connectivity index (χ2v) is 4.35. The standard InChI is InChI=1S/C12H22O3/c1-5-6-10(13)9(3)12-8(2)7-11(14-4)15-12/h5-6,8-13H,7H2,1-4H3/b6-5+/t8-,9+,10-,11?,12-/m1/s1. The van der Waals surface area contributed by atoms with E-state index in [1.54, 1.807) is 13.2 Å². The van der Waals surface area contributed by atoms with Crippen LogP contribution in [0.15, 0.2) is 12.2 Å². The van der Waals surface area contributed by atoms with Crippen LogP contribution in [0.5, 0.6) is 0 Å². The third-order valence-electron chi connectivity index (χ3n) is 3.14. The zero-order valence-electron chi connectivity index (χ0n) is 10.0. The summed E-state index contributed by atoms with van der Waals surface area (Å²) in [7, 11) is 1.66. The molecule has 0 aliphatic carbocycles. The maximum atomic E-state index is 9.85. The Labute approximate surface area is 92.1 Å². The van der Waals surface area contributed by atoms with Crippen LogP contribution in [0.25, 0.3) is 0 Å². The summed E-state index contributed by atoms with van der Waals surface area (Å²) in [6.45, 7) is 6.07. The first-order chi connectivity index (χ1) is 7.10. The Bertz CT molecular complexity index is 215. The fraction of sp³-hybridized carbons (Fsp3) is 0.833. The molecule has 0 aromatic carbocycles. The van der Waals surface area contributed by atoms with Crippen LogP contribution >= 0.6 is 0 Å². The molecule has 1 rings (SSSR count). The highest BCUT2D eigenvalue weighted by molar-refractivity contribution is 4.93. The molecule has 0 bridgehead atoms. The minimum absolute atomic E-state index is 0.0844. The van der Waals surface area contributed by atoms with Gasteiger partial charge in [0.15, 0.2) is 6.29 Å². The first-order valence-corrected chi connectivity index (χ1v) is 5.59. The summed E-state index contributed by atoms with van der Waals surface area (Å²) in [5.74, 6) is 0.543. The number of allylic oxidation sites excluding steroid dienone is 1. The number of hydrogen-bond donors (Lipinski definition) is 1. The van der Waals surface area contributed by atoms with Crippen molar-refractivity contribution in [2.45, 2.75) is 45.7 Å². The molecule has 3 heteroatoms. The number of hydrogen-bond acceptors (Lipinski definition) is 3. The van der Waals surface area contributed by atoms with Gasteiger partial charge in [0.25, 0.3) is 0 Å². The predicted octanol–water partition coefficient (Wildman–Crippen LogP) is 1.96. The van der Waals surface area contributed by atoms with Crippen LogP contribution < -0.4 is 0 Å². The number of rotatable bonds is 4. The monoisotopic (exact) mass is 214 g/mol. The summed E-state index contributed by atoms with van der Waals surface area (Å²) in [6.07, 6.45) is 4.13. The van der Waals surface area contributed by atoms with Crippen LogP contribution in [0.4, 0.5) is 0 Å². The molecule has 0 spiro atoms. The van der Waals surface area contributed by atoms with E-state index in [0.29, 0.717) is 5.92 Å². The Morgan fingerprint density at radius 1 is 1.53 bits per heavy atom. The summed E-state index contributed by atoms with van der Waals surface area (Å²) in [5.41, 5.74) is 0. The van der Waals surface area contributed by atoms with E-state index in [9.17, 15) is 5.11 Å². The molecule has 0 amide bonds. The molecule has 0 aromatic rings. The van der Waals surface area contributed by atoms with Crippen LogP contribution in [0.1, 0.15) is 27.2 Å². The Morgan fingerprint density at radius 3 is 2.67 bits per heavy atom. The van der Waals surface area contributed by atoms with Crippen molar-refractivity contribution in [3.8, 4) is 0 Å². The number of methoxy groups -OCH3 is 1. The Hall–Kier alpha value is -0.380. The summed E-state index contributed by atoms with van der Waals surface area (Å²) in [6, 6.07) is 0. The topological polar surface area (TPSA) is 38.7 Å². The molecule has 1 N–H and O–H groups in total. The second-order valence-electron chi connectivity index (χ2n) is 4.35. The molecule has 0 radical (unpaired) electrons. The second kappa shape index (κ2) is 5.64. The highest BCUT2D eigenvalue weighted by atomic mass is 16.7. The van der Waals surface area contributed by atoms with Gasteiger partial charge in [-0.3, -0.25) is 0 Å². The first kappa shape index (κ1) is 12.7. The van der Waals surface area contributed by atoms with Gasteiger partial charge in [0.2, 0.25) is 0 Å². The van der Waals surface area contributed by atoms with E-state index in [-0.39, 0.29) is 18.3 Å². The maximum Gasteiger partial charge on any atom is 0.157 e. The van der Waals surface area contributed by atoms with Gasteiger partial charge in [-0.1, -0.05) is 26.0 Å². The van der Waals surface area contributed by atoms with Crippen LogP contribution in [-0.4, -0.2) is 30.7 Å². The largest absolute Gasteiger partial charge is 0.389 e. The van der Waals surface area contributed by atoms with Crippen molar-refractivity contribution in [2.24, 2.45) is 11.8 Å². The van der Waals surface area contributed by atoms with Gasteiger partial charge in [-0.2, -0.15) is 0 Å². The van der Waals surface area contributed by atoms with E-state index in [1.807, 2.05) is 19.9 Å². The average molecular weight is 214 g/mol. The van der Waals surface area contributed by atoms with Crippen LogP contribution in [-0.2, 0) is 9.47 Å². The van der Waals surface area contributed by atoms with Gasteiger partial charge in [-0.25, -0.2) is 0 Å². The van der Waals surface area contributed by atoms with Crippen molar-refractivity contribution in [3.05, 3.63) is 12.2 Å². The molecular formula is C12H22O3. The van der Waals surface area contributed by atoms with E-state index < -0.39 is 6.10 Å². The minimum atomic E-state index is -0.432. The van der Waals surface area contributed by atoms with E-state index in [4.69, 9.17) is 9.47 Å². The number of aliphatic hydroxyl groups excluding tert-OH is 1. The fourth-order valence-electron chi connectivity index (χ4n) is 2.16. The van der Waals surface area contributed by atoms with Crippen LogP contribution in [0.3, 0.4) is 0 Å². The summed E-state index contributed by atoms with van der Waals surface area (Å²) in [4.78, 5) is 0. The number of aliphatic hydroxyl groups is 1. The van der Waals surface area contributed by atoms with Gasteiger partial charge in [-0.05, 0) is 12.8 Å². The Kier molecular flexibility index (Phi) is 4.77. The van der Waals surface area contributed by atoms with E-state index in [0.717, 1.165) is 6.42 Å². The van der Waals surface area contributed by atoms with Gasteiger partial charge in [0.1, 0.15) is 0 Å². The first-order valence-electron chi connectivity index (χ1n) is 5.59. The lowest BCUT2D eigenvalue weighted by Gasteiger charge is -2.25. The van der Waals surface area contributed by atoms with Crippen molar-refractivity contribution in [1.29, 1.82) is 0 Å². The summed E-state index contributed by atoms with van der Waals surface area (Å²) in [5, 5.41) is 9.85. The molecule has 1 unspecified atom stereocenters. The van der Waals surface area contributed by atoms with E-state index in [2.05, 4.69) is 6.92 Å². The predicted molar refractivity (Wildman–Crippen MR) is 59.4 cm³/mol. The van der Waals surface area contributed by atoms with Crippen LogP contribution in [0.2, 0.25) is 0 Å². The normalized spacial score (nSPS) is 35.9. The zero-order valence-corrected chi connectivity index (χ0v) is 10.0. The van der Waals surface area contributed by atoms with Gasteiger partial charge < -0.3 is 14.6 Å². The van der Waals surface area contributed by atoms with Crippen molar-refractivity contribution in [1.82, 2.24) is 0 Å². The van der Waals surface area contributed by atoms with Crippen molar-refractivity contribution in [3.63, 3.8) is 0 Å². The summed E-state index contributed by atoms with van der Waals surface area (Å²) < 4.78 is 10.9. The molecule has 88 valence electrons. The molecule has 1 fully saturated rings. The Morgan fingerprint density at radius 2 is 2.20 bits per heavy atom. The molecule has 0 saturated carbocycles. The molecule has 15 heavy (non-hydrogen) atoms. The average Bonchev–Trinajstić information content (AvgIpc) is 2.59. The molecule has 1 aliphatic heterocycles. The summed E-state index contributed by atoms with van der Waals surface area (Å²) >= 11 is 0. The third kappa shape index (κ3) is 3.03. The van der Waals surface area contributed by atoms with Gasteiger partial charge in [0.05, 0.1) is 12.2 Å².